The number of hydrogen-bond donors (Lipinski definition) is 1. The van der Waals surface area contributed by atoms with Crippen LogP contribution in [0.3, 0.4) is 0 Å². The van der Waals surface area contributed by atoms with Gasteiger partial charge in [0.15, 0.2) is 0 Å². The van der Waals surface area contributed by atoms with Crippen LogP contribution in [-0.4, -0.2) is 62.8 Å². The summed E-state index contributed by atoms with van der Waals surface area (Å²) in [5.74, 6) is 2.54. The number of allylic oxidation sites excluding steroid dienone is 8. The van der Waals surface area contributed by atoms with Crippen molar-refractivity contribution in [1.29, 1.82) is 0 Å². The van der Waals surface area contributed by atoms with Gasteiger partial charge >= 0.3 is 0 Å². The third kappa shape index (κ3) is 9.39. The van der Waals surface area contributed by atoms with E-state index in [0.717, 1.165) is 99.5 Å². The molecule has 12 rings (SSSR count). The third-order valence-corrected chi connectivity index (χ3v) is 16.7. The van der Waals surface area contributed by atoms with Crippen LogP contribution in [0.2, 0.25) is 0 Å². The summed E-state index contributed by atoms with van der Waals surface area (Å²) in [5, 5.41) is 3.30. The van der Waals surface area contributed by atoms with Crippen LogP contribution in [0.25, 0.3) is 50.3 Å². The van der Waals surface area contributed by atoms with Crippen LogP contribution in [0.1, 0.15) is 102 Å². The van der Waals surface area contributed by atoms with E-state index in [-0.39, 0.29) is 12.0 Å². The average Bonchev–Trinajstić information content (AvgIpc) is 2.48. The van der Waals surface area contributed by atoms with Crippen molar-refractivity contribution in [2.75, 3.05) is 5.32 Å². The van der Waals surface area contributed by atoms with Crippen molar-refractivity contribution < 1.29 is 9.47 Å². The highest BCUT2D eigenvalue weighted by Gasteiger charge is 2.52. The van der Waals surface area contributed by atoms with E-state index in [4.69, 9.17) is 72.2 Å². The summed E-state index contributed by atoms with van der Waals surface area (Å²) in [6.45, 7) is 15.0. The fourth-order valence-corrected chi connectivity index (χ4v) is 12.5. The normalized spacial score (nSPS) is 15.3. The molecule has 0 amide bonds. The molecule has 1 N–H and O–H groups in total. The Balaban J connectivity index is 0.000000202. The molecule has 2 aliphatic heterocycles. The summed E-state index contributed by atoms with van der Waals surface area (Å²) < 4.78 is 12.2. The second-order valence-electron chi connectivity index (χ2n) is 21.4. The zero-order chi connectivity index (χ0) is 57.6. The number of fused-ring (bicyclic) bond motifs is 12. The minimum Gasteiger partial charge on any atom is -0.464 e. The van der Waals surface area contributed by atoms with Gasteiger partial charge in [-0.15, -0.1) is 21.9 Å². The van der Waals surface area contributed by atoms with Crippen LogP contribution < -0.4 is 58.5 Å². The van der Waals surface area contributed by atoms with Gasteiger partial charge in [-0.1, -0.05) is 195 Å². The molecule has 8 aromatic rings. The lowest BCUT2D eigenvalue weighted by atomic mass is 9.63. The van der Waals surface area contributed by atoms with Gasteiger partial charge in [0.25, 0.3) is 0 Å². The van der Waals surface area contributed by atoms with Gasteiger partial charge in [-0.25, -0.2) is 0 Å². The number of hydrogen-bond acceptors (Lipinski definition) is 3. The predicted molar refractivity (Wildman–Crippen MR) is 354 cm³/mol. The van der Waals surface area contributed by atoms with Gasteiger partial charge in [0.05, 0.1) is 17.2 Å². The topological polar surface area (TPSA) is 30.5 Å². The summed E-state index contributed by atoms with van der Waals surface area (Å²) >= 11 is 0. The highest BCUT2D eigenvalue weighted by molar-refractivity contribution is 6.64. The SMILES string of the molecule is C=C/C=C\C(C)=C1/Oc2ccc(/C3=C/C=C\Oc4ccc(-c5cccc6c5-c5ccccc5C65c6ccccc6-c6ccccc65)cc4C3=C)cc21.[B]c1c([B])c([B])c(NCc2c([B])c([B])c(CCCC)c([B])c2[B])c(CCCC)c1[B]. The molecule has 0 fully saturated rings. The zero-order valence-electron chi connectivity index (χ0n) is 46.9. The Morgan fingerprint density at radius 2 is 1.09 bits per heavy atom. The summed E-state index contributed by atoms with van der Waals surface area (Å²) in [4.78, 5) is 0. The maximum Gasteiger partial charge on any atom is 0.141 e. The fraction of sp³-hybridized carbons (Fsp3) is 0.155. The smallest absolute Gasteiger partial charge is 0.141 e. The van der Waals surface area contributed by atoms with Crippen molar-refractivity contribution in [2.45, 2.75) is 71.3 Å². The van der Waals surface area contributed by atoms with Gasteiger partial charge in [0, 0.05) is 17.8 Å². The van der Waals surface area contributed by atoms with Crippen LogP contribution in [0, 0.1) is 0 Å². The summed E-state index contributed by atoms with van der Waals surface area (Å²) in [6.07, 6.45) is 16.8. The van der Waals surface area contributed by atoms with Crippen LogP contribution in [0.4, 0.5) is 5.69 Å². The Morgan fingerprint density at radius 1 is 0.549 bits per heavy atom. The molecule has 2 heterocycles. The van der Waals surface area contributed by atoms with Crippen molar-refractivity contribution in [3.05, 3.63) is 238 Å². The number of nitrogens with one attached hydrogen (secondary N) is 1. The van der Waals surface area contributed by atoms with Gasteiger partial charge in [-0.05, 0) is 152 Å². The monoisotopic (exact) mass is 1040 g/mol. The van der Waals surface area contributed by atoms with Gasteiger partial charge in [-0.2, -0.15) is 0 Å². The van der Waals surface area contributed by atoms with E-state index >= 15 is 0 Å². The average molecular weight is 1040 g/mol. The second-order valence-corrected chi connectivity index (χ2v) is 21.4. The standard InChI is InChI=1S/C50H34O2.C21H21B8N/c1-4-5-14-31(2)49-41-30-33(25-27-47(41)52-49)35-19-13-28-51-46-26-24-34(29-40(46)32(35)3)36-18-12-23-45-48(36)39-17-8-11-22-44(39)50(45)42-20-9-6-15-37(42)38-16-7-10-21-43(38)50;1-3-5-7-10-13(22)16(25)12(17(26)14(10)23)9-30-21-11(8-6-4-2)15(24)18(27)19(28)20(21)29/h4-30H,1,3H2,2H3;30H,3-9H2,1-2H3/b14-5-,28-13-,35-19+,49-31-;. The van der Waals surface area contributed by atoms with Crippen LogP contribution >= 0.6 is 0 Å². The minimum absolute atomic E-state index is 0.255. The zero-order valence-corrected chi connectivity index (χ0v) is 46.9. The maximum absolute atomic E-state index is 6.33. The molecule has 1 spiro atoms. The highest BCUT2D eigenvalue weighted by Crippen LogP contribution is 2.64. The quantitative estimate of drug-likeness (QED) is 0.0926. The van der Waals surface area contributed by atoms with E-state index < -0.39 is 5.41 Å². The van der Waals surface area contributed by atoms with Gasteiger partial charge in [-0.3, -0.25) is 0 Å². The Labute approximate surface area is 495 Å². The summed E-state index contributed by atoms with van der Waals surface area (Å²) in [6, 6.07) is 46.6. The molecule has 4 aliphatic rings. The number of anilines is 1. The summed E-state index contributed by atoms with van der Waals surface area (Å²) in [5.41, 5.74) is 24.6. The van der Waals surface area contributed by atoms with E-state index in [1.54, 1.807) is 12.3 Å². The first-order chi connectivity index (χ1) is 39.8. The lowest BCUT2D eigenvalue weighted by Crippen LogP contribution is -2.51. The van der Waals surface area contributed by atoms with Crippen LogP contribution in [0.15, 0.2) is 183 Å². The molecule has 380 valence electrons. The largest absolute Gasteiger partial charge is 0.464 e. The predicted octanol–water partition coefficient (Wildman–Crippen LogP) is 8.90. The highest BCUT2D eigenvalue weighted by atomic mass is 16.5. The molecule has 0 saturated heterocycles. The van der Waals surface area contributed by atoms with Crippen LogP contribution in [0.5, 0.6) is 11.5 Å². The number of benzene rings is 8. The first kappa shape index (κ1) is 56.0. The first-order valence-electron chi connectivity index (χ1n) is 28.1. The van der Waals surface area contributed by atoms with Gasteiger partial charge < -0.3 is 14.8 Å². The van der Waals surface area contributed by atoms with E-state index in [1.165, 1.54) is 50.1 Å². The molecule has 11 heteroatoms. The molecule has 0 atom stereocenters. The molecule has 2 aliphatic carbocycles. The van der Waals surface area contributed by atoms with Crippen molar-refractivity contribution in [2.24, 2.45) is 0 Å². The molecule has 0 saturated carbocycles. The number of unbranched alkanes of at least 4 members (excludes halogenated alkanes) is 2. The van der Waals surface area contributed by atoms with Gasteiger partial charge in [0.2, 0.25) is 0 Å². The first-order valence-corrected chi connectivity index (χ1v) is 28.1. The molecule has 0 bridgehead atoms. The molecule has 82 heavy (non-hydrogen) atoms. The molecule has 16 radical (unpaired) electrons. The second kappa shape index (κ2) is 23.2. The minimum atomic E-state index is -0.391. The Bertz CT molecular complexity index is 4000. The number of rotatable bonds is 13. The number of ether oxygens (including phenoxy) is 2. The molecular weight excluding hydrogens is 985 g/mol. The van der Waals surface area contributed by atoms with E-state index in [9.17, 15) is 0 Å². The van der Waals surface area contributed by atoms with Crippen molar-refractivity contribution >= 4 is 129 Å². The Hall–Kier alpha value is -7.88. The molecule has 0 aromatic heterocycles. The Morgan fingerprint density at radius 3 is 1.74 bits per heavy atom. The molecular formula is C71H55B8NO2. The molecule has 3 nitrogen and oxygen atoms in total. The summed E-state index contributed by atoms with van der Waals surface area (Å²) in [7, 11) is 49.9. The Kier molecular flexibility index (Phi) is 15.8. The van der Waals surface area contributed by atoms with Gasteiger partial charge in [0.1, 0.15) is 80.0 Å². The fourth-order valence-electron chi connectivity index (χ4n) is 12.5. The van der Waals surface area contributed by atoms with E-state index in [2.05, 4.69) is 167 Å². The van der Waals surface area contributed by atoms with E-state index in [1.807, 2.05) is 24.3 Å². The maximum atomic E-state index is 6.33. The lowest BCUT2D eigenvalue weighted by Gasteiger charge is -2.30. The molecule has 0 unspecified atom stereocenters. The van der Waals surface area contributed by atoms with Crippen molar-refractivity contribution in [3.63, 3.8) is 0 Å². The van der Waals surface area contributed by atoms with Crippen molar-refractivity contribution in [3.8, 4) is 44.9 Å². The lowest BCUT2D eigenvalue weighted by molar-refractivity contribution is 0.462. The van der Waals surface area contributed by atoms with Crippen molar-refractivity contribution in [1.82, 2.24) is 0 Å². The van der Waals surface area contributed by atoms with Crippen LogP contribution in [-0.2, 0) is 24.8 Å². The molecule has 8 aromatic carbocycles. The van der Waals surface area contributed by atoms with E-state index in [0.29, 0.717) is 55.9 Å². The third-order valence-electron chi connectivity index (χ3n) is 16.7.